The third-order valence-corrected chi connectivity index (χ3v) is 3.59. The third-order valence-electron chi connectivity index (χ3n) is 3.59. The van der Waals surface area contributed by atoms with Crippen molar-refractivity contribution in [2.45, 2.75) is 52.4 Å². The van der Waals surface area contributed by atoms with Crippen LogP contribution in [0.3, 0.4) is 0 Å². The molecule has 0 aromatic heterocycles. The zero-order valence-electron chi connectivity index (χ0n) is 12.4. The minimum absolute atomic E-state index is 0.154. The van der Waals surface area contributed by atoms with E-state index in [2.05, 4.69) is 0 Å². The Labute approximate surface area is 120 Å². The van der Waals surface area contributed by atoms with E-state index < -0.39 is 17.9 Å². The first kappa shape index (κ1) is 16.7. The molecular weight excluding hydrogens is 260 g/mol. The zero-order valence-corrected chi connectivity index (χ0v) is 12.4. The lowest BCUT2D eigenvalue weighted by molar-refractivity contribution is -0.162. The standard InChI is InChI=1S/C15H24O5/c1-3-19-14(17)12(15(18)20-4-2)10-11-8-6-5-7-9-13(11)16/h11-12H,3-10H2,1-2H3. The predicted octanol–water partition coefficient (Wildman–Crippen LogP) is 2.27. The van der Waals surface area contributed by atoms with Gasteiger partial charge in [0.1, 0.15) is 5.78 Å². The van der Waals surface area contributed by atoms with E-state index in [-0.39, 0.29) is 31.3 Å². The van der Waals surface area contributed by atoms with Crippen molar-refractivity contribution in [1.29, 1.82) is 0 Å². The van der Waals surface area contributed by atoms with Gasteiger partial charge >= 0.3 is 11.9 Å². The summed E-state index contributed by atoms with van der Waals surface area (Å²) in [6.45, 7) is 3.81. The lowest BCUT2D eigenvalue weighted by Gasteiger charge is -2.19. The maximum atomic E-state index is 12.0. The van der Waals surface area contributed by atoms with Crippen LogP contribution < -0.4 is 0 Å². The summed E-state index contributed by atoms with van der Waals surface area (Å²) in [4.78, 5) is 35.8. The Morgan fingerprint density at radius 2 is 1.70 bits per heavy atom. The summed E-state index contributed by atoms with van der Waals surface area (Å²) in [7, 11) is 0. The first-order chi connectivity index (χ1) is 9.60. The van der Waals surface area contributed by atoms with E-state index in [0.29, 0.717) is 6.42 Å². The molecule has 0 bridgehead atoms. The molecule has 5 nitrogen and oxygen atoms in total. The van der Waals surface area contributed by atoms with Crippen LogP contribution in [0.5, 0.6) is 0 Å². The molecule has 1 aliphatic rings. The molecule has 0 aromatic carbocycles. The Hall–Kier alpha value is -1.39. The van der Waals surface area contributed by atoms with Crippen LogP contribution in [0.4, 0.5) is 0 Å². The summed E-state index contributed by atoms with van der Waals surface area (Å²) in [6.07, 6.45) is 4.41. The number of Topliss-reactive ketones (excluding diaryl/α,β-unsaturated/α-hetero) is 1. The zero-order chi connectivity index (χ0) is 15.0. The molecule has 1 fully saturated rings. The SMILES string of the molecule is CCOC(=O)C(CC1CCCCCC1=O)C(=O)OCC. The Morgan fingerprint density at radius 1 is 1.10 bits per heavy atom. The quantitative estimate of drug-likeness (QED) is 0.425. The molecule has 0 heterocycles. The number of ketones is 1. The average molecular weight is 284 g/mol. The fourth-order valence-corrected chi connectivity index (χ4v) is 2.54. The van der Waals surface area contributed by atoms with Gasteiger partial charge in [0.2, 0.25) is 0 Å². The molecule has 1 aliphatic carbocycles. The monoisotopic (exact) mass is 284 g/mol. The second-order valence-electron chi connectivity index (χ2n) is 5.05. The number of carbonyl (C=O) groups is 3. The summed E-state index contributed by atoms with van der Waals surface area (Å²) in [6, 6.07) is 0. The molecule has 114 valence electrons. The van der Waals surface area contributed by atoms with Gasteiger partial charge in [0.25, 0.3) is 0 Å². The van der Waals surface area contributed by atoms with Gasteiger partial charge in [0.05, 0.1) is 13.2 Å². The third kappa shape index (κ3) is 4.94. The first-order valence-electron chi connectivity index (χ1n) is 7.46. The van der Waals surface area contributed by atoms with Gasteiger partial charge in [0, 0.05) is 12.3 Å². The van der Waals surface area contributed by atoms with E-state index in [9.17, 15) is 14.4 Å². The van der Waals surface area contributed by atoms with Gasteiger partial charge in [-0.25, -0.2) is 0 Å². The molecule has 1 rings (SSSR count). The Kier molecular flexibility index (Phi) is 7.26. The number of hydrogen-bond donors (Lipinski definition) is 0. The van der Waals surface area contributed by atoms with Crippen LogP contribution in [0, 0.1) is 11.8 Å². The molecule has 0 aromatic rings. The first-order valence-corrected chi connectivity index (χ1v) is 7.46. The van der Waals surface area contributed by atoms with E-state index in [4.69, 9.17) is 9.47 Å². The van der Waals surface area contributed by atoms with Crippen LogP contribution >= 0.6 is 0 Å². The van der Waals surface area contributed by atoms with Crippen LogP contribution in [0.25, 0.3) is 0 Å². The van der Waals surface area contributed by atoms with E-state index in [1.165, 1.54) is 0 Å². The normalized spacial score (nSPS) is 19.6. The number of esters is 2. The highest BCUT2D eigenvalue weighted by molar-refractivity contribution is 5.95. The Bertz CT molecular complexity index is 332. The highest BCUT2D eigenvalue weighted by Crippen LogP contribution is 2.27. The van der Waals surface area contributed by atoms with Crippen LogP contribution in [-0.2, 0) is 23.9 Å². The maximum absolute atomic E-state index is 12.0. The van der Waals surface area contributed by atoms with Gasteiger partial charge in [-0.15, -0.1) is 0 Å². The smallest absolute Gasteiger partial charge is 0.320 e. The van der Waals surface area contributed by atoms with E-state index in [0.717, 1.165) is 25.7 Å². The van der Waals surface area contributed by atoms with Crippen molar-refractivity contribution in [2.24, 2.45) is 11.8 Å². The summed E-state index contributed by atoms with van der Waals surface area (Å²) in [5.41, 5.74) is 0. The second kappa shape index (κ2) is 8.72. The van der Waals surface area contributed by atoms with E-state index >= 15 is 0 Å². The fourth-order valence-electron chi connectivity index (χ4n) is 2.54. The van der Waals surface area contributed by atoms with Gasteiger partial charge in [-0.3, -0.25) is 14.4 Å². The van der Waals surface area contributed by atoms with Gasteiger partial charge in [-0.1, -0.05) is 12.8 Å². The Balaban J connectivity index is 2.73. The summed E-state index contributed by atoms with van der Waals surface area (Å²) in [5.74, 6) is -2.20. The molecule has 0 aliphatic heterocycles. The molecule has 0 N–H and O–H groups in total. The molecule has 1 unspecified atom stereocenters. The largest absolute Gasteiger partial charge is 0.465 e. The lowest BCUT2D eigenvalue weighted by Crippen LogP contribution is -2.31. The van der Waals surface area contributed by atoms with E-state index in [1.54, 1.807) is 13.8 Å². The summed E-state index contributed by atoms with van der Waals surface area (Å²) < 4.78 is 9.86. The van der Waals surface area contributed by atoms with Crippen molar-refractivity contribution in [3.8, 4) is 0 Å². The summed E-state index contributed by atoms with van der Waals surface area (Å²) in [5, 5.41) is 0. The molecule has 5 heteroatoms. The molecule has 0 spiro atoms. The molecule has 0 saturated heterocycles. The van der Waals surface area contributed by atoms with Gasteiger partial charge in [0.15, 0.2) is 5.92 Å². The summed E-state index contributed by atoms with van der Waals surface area (Å²) >= 11 is 0. The molecule has 1 atom stereocenters. The van der Waals surface area contributed by atoms with Gasteiger partial charge in [-0.05, 0) is 33.1 Å². The predicted molar refractivity (Wildman–Crippen MR) is 73.0 cm³/mol. The number of hydrogen-bond acceptors (Lipinski definition) is 5. The molecule has 0 radical (unpaired) electrons. The van der Waals surface area contributed by atoms with Crippen LogP contribution in [0.15, 0.2) is 0 Å². The molecular formula is C15H24O5. The molecule has 20 heavy (non-hydrogen) atoms. The molecule has 0 amide bonds. The maximum Gasteiger partial charge on any atom is 0.320 e. The number of ether oxygens (including phenoxy) is 2. The second-order valence-corrected chi connectivity index (χ2v) is 5.05. The van der Waals surface area contributed by atoms with Crippen molar-refractivity contribution >= 4 is 17.7 Å². The van der Waals surface area contributed by atoms with Crippen molar-refractivity contribution in [2.75, 3.05) is 13.2 Å². The van der Waals surface area contributed by atoms with Crippen molar-refractivity contribution in [3.63, 3.8) is 0 Å². The van der Waals surface area contributed by atoms with Crippen molar-refractivity contribution in [3.05, 3.63) is 0 Å². The highest BCUT2D eigenvalue weighted by atomic mass is 16.6. The van der Waals surface area contributed by atoms with Crippen LogP contribution in [0.1, 0.15) is 52.4 Å². The van der Waals surface area contributed by atoms with E-state index in [1.807, 2.05) is 0 Å². The highest BCUT2D eigenvalue weighted by Gasteiger charge is 2.34. The van der Waals surface area contributed by atoms with Crippen LogP contribution in [0.2, 0.25) is 0 Å². The topological polar surface area (TPSA) is 69.7 Å². The average Bonchev–Trinajstić information content (AvgIpc) is 2.61. The van der Waals surface area contributed by atoms with Crippen LogP contribution in [-0.4, -0.2) is 30.9 Å². The van der Waals surface area contributed by atoms with Crippen molar-refractivity contribution < 1.29 is 23.9 Å². The van der Waals surface area contributed by atoms with Gasteiger partial charge < -0.3 is 9.47 Å². The number of rotatable bonds is 6. The van der Waals surface area contributed by atoms with Crippen molar-refractivity contribution in [1.82, 2.24) is 0 Å². The van der Waals surface area contributed by atoms with Gasteiger partial charge in [-0.2, -0.15) is 0 Å². The Morgan fingerprint density at radius 3 is 2.25 bits per heavy atom. The minimum atomic E-state index is -0.970. The fraction of sp³-hybridized carbons (Fsp3) is 0.800. The number of carbonyl (C=O) groups excluding carboxylic acids is 3. The lowest BCUT2D eigenvalue weighted by atomic mass is 9.88. The molecule has 1 saturated carbocycles. The minimum Gasteiger partial charge on any atom is -0.465 e.